The largest absolute Gasteiger partial charge is 0.298 e. The first-order chi connectivity index (χ1) is 6.19. The molecule has 0 bridgehead atoms. The number of nitrogens with zero attached hydrogens (tertiary/aromatic N) is 2. The molecule has 0 N–H and O–H groups in total. The van der Waals surface area contributed by atoms with Gasteiger partial charge in [0.25, 0.3) is 0 Å². The number of rotatable bonds is 2. The average molecular weight is 197 g/mol. The first kappa shape index (κ1) is 9.74. The van der Waals surface area contributed by atoms with E-state index in [-0.39, 0.29) is 0 Å². The quantitative estimate of drug-likeness (QED) is 0.519. The number of carbonyl (C=O) groups is 1. The summed E-state index contributed by atoms with van der Waals surface area (Å²) in [5, 5.41) is 0.537. The Hall–Kier alpha value is -1.35. The van der Waals surface area contributed by atoms with Crippen LogP contribution in [0, 0.1) is 0 Å². The Balaban J connectivity index is 3.41. The van der Waals surface area contributed by atoms with E-state index >= 15 is 0 Å². The lowest BCUT2D eigenvalue weighted by Crippen LogP contribution is -2.19. The highest BCUT2D eigenvalue weighted by Gasteiger charge is 1.97. The Morgan fingerprint density at radius 3 is 2.92 bits per heavy atom. The van der Waals surface area contributed by atoms with Crippen LogP contribution in [-0.4, -0.2) is 17.9 Å². The molecular formula is C9H9ClN2O. The number of carbonyl (C=O) groups excluding carboxylic acids is 1. The summed E-state index contributed by atoms with van der Waals surface area (Å²) < 4.78 is 1.54. The van der Waals surface area contributed by atoms with Gasteiger partial charge in [-0.15, -0.1) is 0 Å². The van der Waals surface area contributed by atoms with Crippen LogP contribution < -0.4 is 5.49 Å². The summed E-state index contributed by atoms with van der Waals surface area (Å²) in [5.74, 6) is 0. The number of aldehydes is 1. The summed E-state index contributed by atoms with van der Waals surface area (Å²) in [6.45, 7) is 3.57. The SMILES string of the molecule is C=C(C=O)n1cc(Cl)ccc1=NC. The number of allylic oxidation sites excluding steroid dienone is 1. The van der Waals surface area contributed by atoms with Gasteiger partial charge in [-0.2, -0.15) is 0 Å². The Bertz CT molecular complexity index is 406. The van der Waals surface area contributed by atoms with Crippen molar-refractivity contribution < 1.29 is 4.79 Å². The zero-order valence-corrected chi connectivity index (χ0v) is 7.95. The molecule has 0 fully saturated rings. The molecule has 4 heteroatoms. The van der Waals surface area contributed by atoms with Crippen molar-refractivity contribution in [1.82, 2.24) is 4.57 Å². The topological polar surface area (TPSA) is 34.4 Å². The summed E-state index contributed by atoms with van der Waals surface area (Å²) >= 11 is 5.76. The maximum absolute atomic E-state index is 10.5. The highest BCUT2D eigenvalue weighted by molar-refractivity contribution is 6.30. The van der Waals surface area contributed by atoms with E-state index in [0.717, 1.165) is 0 Å². The van der Waals surface area contributed by atoms with E-state index in [1.807, 2.05) is 0 Å². The zero-order valence-electron chi connectivity index (χ0n) is 7.20. The number of aromatic nitrogens is 1. The van der Waals surface area contributed by atoms with Crippen LogP contribution >= 0.6 is 11.6 Å². The predicted molar refractivity (Wildman–Crippen MR) is 52.3 cm³/mol. The van der Waals surface area contributed by atoms with Crippen molar-refractivity contribution in [3.05, 3.63) is 35.4 Å². The predicted octanol–water partition coefficient (Wildman–Crippen LogP) is 1.34. The summed E-state index contributed by atoms with van der Waals surface area (Å²) in [6.07, 6.45) is 2.26. The van der Waals surface area contributed by atoms with E-state index in [4.69, 9.17) is 11.6 Å². The lowest BCUT2D eigenvalue weighted by Gasteiger charge is -2.04. The number of pyridine rings is 1. The van der Waals surface area contributed by atoms with Crippen molar-refractivity contribution in [2.45, 2.75) is 0 Å². The molecule has 0 aliphatic heterocycles. The second-order valence-electron chi connectivity index (χ2n) is 2.41. The van der Waals surface area contributed by atoms with Crippen LogP contribution in [0.2, 0.25) is 5.02 Å². The lowest BCUT2D eigenvalue weighted by atomic mass is 10.4. The van der Waals surface area contributed by atoms with Crippen LogP contribution in [-0.2, 0) is 4.79 Å². The molecule has 0 atom stereocenters. The maximum Gasteiger partial charge on any atom is 0.166 e. The van der Waals surface area contributed by atoms with Gasteiger partial charge in [0.05, 0.1) is 10.7 Å². The van der Waals surface area contributed by atoms with Gasteiger partial charge < -0.3 is 0 Å². The van der Waals surface area contributed by atoms with Crippen LogP contribution in [0.1, 0.15) is 0 Å². The monoisotopic (exact) mass is 196 g/mol. The third-order valence-electron chi connectivity index (χ3n) is 1.57. The van der Waals surface area contributed by atoms with E-state index in [1.54, 1.807) is 25.4 Å². The van der Waals surface area contributed by atoms with Gasteiger partial charge in [-0.1, -0.05) is 18.2 Å². The van der Waals surface area contributed by atoms with Crippen LogP contribution in [0.15, 0.2) is 29.9 Å². The standard InChI is InChI=1S/C9H9ClN2O/c1-7(6-13)12-5-8(10)3-4-9(12)11-2/h3-6H,1H2,2H3. The second kappa shape index (κ2) is 4.05. The average Bonchev–Trinajstić information content (AvgIpc) is 2.16. The molecule has 0 aromatic carbocycles. The maximum atomic E-state index is 10.5. The molecule has 0 spiro atoms. The number of halogens is 1. The van der Waals surface area contributed by atoms with Crippen LogP contribution in [0.3, 0.4) is 0 Å². The molecule has 0 saturated heterocycles. The molecule has 0 radical (unpaired) electrons. The molecule has 3 nitrogen and oxygen atoms in total. The lowest BCUT2D eigenvalue weighted by molar-refractivity contribution is -0.103. The van der Waals surface area contributed by atoms with Gasteiger partial charge in [-0.25, -0.2) is 0 Å². The number of hydrogen-bond donors (Lipinski definition) is 0. The summed E-state index contributed by atoms with van der Waals surface area (Å²) in [7, 11) is 1.64. The minimum Gasteiger partial charge on any atom is -0.298 e. The van der Waals surface area contributed by atoms with E-state index in [1.165, 1.54) is 4.57 Å². The highest BCUT2D eigenvalue weighted by atomic mass is 35.5. The minimum atomic E-state index is 0.308. The highest BCUT2D eigenvalue weighted by Crippen LogP contribution is 2.05. The Morgan fingerprint density at radius 1 is 1.69 bits per heavy atom. The van der Waals surface area contributed by atoms with Crippen molar-refractivity contribution in [3.8, 4) is 0 Å². The first-order valence-corrected chi connectivity index (χ1v) is 4.02. The molecule has 0 aliphatic carbocycles. The molecule has 0 aliphatic rings. The smallest absolute Gasteiger partial charge is 0.166 e. The third-order valence-corrected chi connectivity index (χ3v) is 1.79. The fourth-order valence-corrected chi connectivity index (χ4v) is 1.10. The van der Waals surface area contributed by atoms with Gasteiger partial charge >= 0.3 is 0 Å². The van der Waals surface area contributed by atoms with Crippen molar-refractivity contribution in [1.29, 1.82) is 0 Å². The van der Waals surface area contributed by atoms with Crippen molar-refractivity contribution in [2.24, 2.45) is 4.99 Å². The van der Waals surface area contributed by atoms with Crippen molar-refractivity contribution >= 4 is 23.6 Å². The third kappa shape index (κ3) is 2.06. The molecular weight excluding hydrogens is 188 g/mol. The van der Waals surface area contributed by atoms with Crippen molar-refractivity contribution in [2.75, 3.05) is 7.05 Å². The Morgan fingerprint density at radius 2 is 2.38 bits per heavy atom. The molecule has 0 saturated carbocycles. The summed E-state index contributed by atoms with van der Waals surface area (Å²) in [5.41, 5.74) is 0.949. The fourth-order valence-electron chi connectivity index (χ4n) is 0.936. The molecule has 1 aromatic rings. The van der Waals surface area contributed by atoms with E-state index in [0.29, 0.717) is 22.5 Å². The summed E-state index contributed by atoms with van der Waals surface area (Å²) in [4.78, 5) is 14.4. The van der Waals surface area contributed by atoms with E-state index < -0.39 is 0 Å². The van der Waals surface area contributed by atoms with Gasteiger partial charge in [0.15, 0.2) is 6.29 Å². The Kier molecular flexibility index (Phi) is 3.03. The molecule has 1 heterocycles. The fraction of sp³-hybridized carbons (Fsp3) is 0.111. The molecule has 1 aromatic heterocycles. The molecule has 13 heavy (non-hydrogen) atoms. The van der Waals surface area contributed by atoms with Crippen LogP contribution in [0.25, 0.3) is 5.70 Å². The zero-order chi connectivity index (χ0) is 9.84. The van der Waals surface area contributed by atoms with Gasteiger partial charge in [0, 0.05) is 13.2 Å². The van der Waals surface area contributed by atoms with Gasteiger partial charge in [-0.05, 0) is 12.1 Å². The number of hydrogen-bond acceptors (Lipinski definition) is 2. The van der Waals surface area contributed by atoms with Gasteiger partial charge in [-0.3, -0.25) is 14.4 Å². The second-order valence-corrected chi connectivity index (χ2v) is 2.84. The summed E-state index contributed by atoms with van der Waals surface area (Å²) in [6, 6.07) is 3.43. The molecule has 0 amide bonds. The Labute approximate surface area is 81.0 Å². The van der Waals surface area contributed by atoms with Gasteiger partial charge in [0.2, 0.25) is 0 Å². The molecule has 0 unspecified atom stereocenters. The minimum absolute atomic E-state index is 0.308. The molecule has 68 valence electrons. The molecule has 1 rings (SSSR count). The van der Waals surface area contributed by atoms with Crippen molar-refractivity contribution in [3.63, 3.8) is 0 Å². The van der Waals surface area contributed by atoms with Gasteiger partial charge in [0.1, 0.15) is 5.49 Å². The van der Waals surface area contributed by atoms with Crippen LogP contribution in [0.5, 0.6) is 0 Å². The van der Waals surface area contributed by atoms with Crippen LogP contribution in [0.4, 0.5) is 0 Å². The normalized spacial score (nSPS) is 11.4. The van der Waals surface area contributed by atoms with E-state index in [9.17, 15) is 4.79 Å². The first-order valence-electron chi connectivity index (χ1n) is 3.64. The van der Waals surface area contributed by atoms with E-state index in [2.05, 4.69) is 11.6 Å².